The Morgan fingerprint density at radius 3 is 0.583 bits per heavy atom. The molecule has 0 spiro atoms. The molecule has 0 aromatic rings. The number of hydrogen-bond acceptors (Lipinski definition) is 0. The molecule has 0 nitrogen and oxygen atoms in total. The van der Waals surface area contributed by atoms with E-state index in [2.05, 4.69) is 27.7 Å². The van der Waals surface area contributed by atoms with Gasteiger partial charge in [0.2, 0.25) is 0 Å². The topological polar surface area (TPSA) is 0 Å². The largest absolute Gasteiger partial charge is 0.0654 e. The normalized spacial score (nSPS) is 13.3. The van der Waals surface area contributed by atoms with Crippen LogP contribution < -0.4 is 0 Å². The van der Waals surface area contributed by atoms with Crippen molar-refractivity contribution in [1.29, 1.82) is 0 Å². The zero-order chi connectivity index (χ0) is 26.4. The minimum atomic E-state index is 1.03. The highest BCUT2D eigenvalue weighted by atomic mass is 14.3. The van der Waals surface area contributed by atoms with Crippen molar-refractivity contribution in [2.75, 3.05) is 0 Å². The summed E-state index contributed by atoms with van der Waals surface area (Å²) >= 11 is 0. The van der Waals surface area contributed by atoms with Gasteiger partial charge in [-0.1, -0.05) is 220 Å². The Hall–Kier alpha value is 0. The Labute approximate surface area is 232 Å². The second kappa shape index (κ2) is 31.2. The predicted octanol–water partition coefficient (Wildman–Crippen LogP) is 14.0. The van der Waals surface area contributed by atoms with Crippen molar-refractivity contribution >= 4 is 0 Å². The summed E-state index contributed by atoms with van der Waals surface area (Å²) in [6.07, 6.45) is 44.3. The first-order chi connectivity index (χ1) is 17.8. The lowest BCUT2D eigenvalue weighted by Crippen LogP contribution is -2.16. The number of unbranched alkanes of at least 4 members (excludes halogenated alkanes) is 22. The standard InChI is InChI=1S/C36H74/c1-5-9-13-17-21-25-29-33-35(31-27-23-19-15-11-7-3)36(32-28-24-20-16-12-8-4)34-30-26-22-18-14-10-6-2/h35-36H,5-34H2,1-4H3. The van der Waals surface area contributed by atoms with E-state index in [1.165, 1.54) is 167 Å². The Morgan fingerprint density at radius 1 is 0.222 bits per heavy atom. The summed E-state index contributed by atoms with van der Waals surface area (Å²) in [7, 11) is 0. The molecule has 2 atom stereocenters. The summed E-state index contributed by atoms with van der Waals surface area (Å²) in [5.74, 6) is 2.06. The highest BCUT2D eigenvalue weighted by Gasteiger charge is 2.20. The highest BCUT2D eigenvalue weighted by molar-refractivity contribution is 4.72. The molecule has 0 aliphatic rings. The maximum absolute atomic E-state index is 2.34. The highest BCUT2D eigenvalue weighted by Crippen LogP contribution is 2.33. The molecule has 0 amide bonds. The van der Waals surface area contributed by atoms with Crippen LogP contribution in [-0.2, 0) is 0 Å². The fourth-order valence-corrected chi connectivity index (χ4v) is 6.33. The summed E-state index contributed by atoms with van der Waals surface area (Å²) in [5, 5.41) is 0. The van der Waals surface area contributed by atoms with Gasteiger partial charge in [0.05, 0.1) is 0 Å². The van der Waals surface area contributed by atoms with Crippen LogP contribution >= 0.6 is 0 Å². The Bertz CT molecular complexity index is 336. The molecule has 0 rings (SSSR count). The van der Waals surface area contributed by atoms with Gasteiger partial charge in [-0.05, 0) is 11.8 Å². The fraction of sp³-hybridized carbons (Fsp3) is 1.00. The average molecular weight is 507 g/mol. The summed E-state index contributed by atoms with van der Waals surface area (Å²) in [4.78, 5) is 0. The first kappa shape index (κ1) is 36.0. The molecule has 0 N–H and O–H groups in total. The van der Waals surface area contributed by atoms with Gasteiger partial charge in [-0.3, -0.25) is 0 Å². The van der Waals surface area contributed by atoms with Crippen LogP contribution in [0.4, 0.5) is 0 Å². The number of hydrogen-bond donors (Lipinski definition) is 0. The van der Waals surface area contributed by atoms with E-state index in [9.17, 15) is 0 Å². The molecule has 36 heavy (non-hydrogen) atoms. The Balaban J connectivity index is 4.68. The summed E-state index contributed by atoms with van der Waals surface area (Å²) in [6, 6.07) is 0. The van der Waals surface area contributed by atoms with Crippen LogP contribution in [0.15, 0.2) is 0 Å². The van der Waals surface area contributed by atoms with Gasteiger partial charge < -0.3 is 0 Å². The zero-order valence-corrected chi connectivity index (χ0v) is 26.4. The van der Waals surface area contributed by atoms with Gasteiger partial charge in [-0.15, -0.1) is 0 Å². The monoisotopic (exact) mass is 507 g/mol. The van der Waals surface area contributed by atoms with Gasteiger partial charge in [0.15, 0.2) is 0 Å². The first-order valence-electron chi connectivity index (χ1n) is 17.8. The smallest absolute Gasteiger partial charge is 0.0386 e. The third-order valence-electron chi connectivity index (χ3n) is 8.88. The molecule has 0 radical (unpaired) electrons. The Kier molecular flexibility index (Phi) is 31.2. The van der Waals surface area contributed by atoms with Gasteiger partial charge >= 0.3 is 0 Å². The first-order valence-corrected chi connectivity index (χ1v) is 17.8. The molecule has 0 saturated heterocycles. The van der Waals surface area contributed by atoms with Crippen LogP contribution in [-0.4, -0.2) is 0 Å². The van der Waals surface area contributed by atoms with Crippen molar-refractivity contribution < 1.29 is 0 Å². The van der Waals surface area contributed by atoms with E-state index in [-0.39, 0.29) is 0 Å². The summed E-state index contributed by atoms with van der Waals surface area (Å²) < 4.78 is 0. The molecular formula is C36H74. The SMILES string of the molecule is CCCCCCCCCC(CCCCCCCC)C(CCCCCCCC)CCCCCCCCC. The van der Waals surface area contributed by atoms with Crippen LogP contribution in [0.3, 0.4) is 0 Å². The van der Waals surface area contributed by atoms with Crippen LogP contribution in [0.1, 0.15) is 220 Å². The fourth-order valence-electron chi connectivity index (χ4n) is 6.33. The molecule has 0 aromatic carbocycles. The van der Waals surface area contributed by atoms with Gasteiger partial charge in [-0.2, -0.15) is 0 Å². The van der Waals surface area contributed by atoms with E-state index in [1.54, 1.807) is 25.7 Å². The average Bonchev–Trinajstić information content (AvgIpc) is 2.89. The van der Waals surface area contributed by atoms with Gasteiger partial charge in [-0.25, -0.2) is 0 Å². The lowest BCUT2D eigenvalue weighted by Gasteiger charge is -2.28. The Morgan fingerprint density at radius 2 is 0.389 bits per heavy atom. The lowest BCUT2D eigenvalue weighted by molar-refractivity contribution is 0.236. The van der Waals surface area contributed by atoms with E-state index >= 15 is 0 Å². The molecule has 0 fully saturated rings. The molecule has 0 aliphatic carbocycles. The van der Waals surface area contributed by atoms with Crippen LogP contribution in [0.5, 0.6) is 0 Å². The van der Waals surface area contributed by atoms with E-state index in [0.717, 1.165) is 11.8 Å². The second-order valence-corrected chi connectivity index (χ2v) is 12.5. The van der Waals surface area contributed by atoms with Crippen molar-refractivity contribution in [3.63, 3.8) is 0 Å². The van der Waals surface area contributed by atoms with E-state index in [4.69, 9.17) is 0 Å². The third-order valence-corrected chi connectivity index (χ3v) is 8.88. The maximum atomic E-state index is 2.34. The number of rotatable bonds is 31. The van der Waals surface area contributed by atoms with Crippen LogP contribution in [0.2, 0.25) is 0 Å². The van der Waals surface area contributed by atoms with Gasteiger partial charge in [0.25, 0.3) is 0 Å². The molecule has 0 saturated carbocycles. The zero-order valence-electron chi connectivity index (χ0n) is 26.4. The molecule has 0 bridgehead atoms. The quantitative estimate of drug-likeness (QED) is 0.0820. The molecular weight excluding hydrogens is 432 g/mol. The van der Waals surface area contributed by atoms with Crippen molar-refractivity contribution in [2.24, 2.45) is 11.8 Å². The van der Waals surface area contributed by atoms with E-state index < -0.39 is 0 Å². The van der Waals surface area contributed by atoms with E-state index in [1.807, 2.05) is 0 Å². The molecule has 218 valence electrons. The maximum Gasteiger partial charge on any atom is -0.0386 e. The molecule has 0 aliphatic heterocycles. The summed E-state index contributed by atoms with van der Waals surface area (Å²) in [5.41, 5.74) is 0. The molecule has 0 heteroatoms. The van der Waals surface area contributed by atoms with Crippen molar-refractivity contribution in [1.82, 2.24) is 0 Å². The summed E-state index contributed by atoms with van der Waals surface area (Å²) in [6.45, 7) is 9.36. The second-order valence-electron chi connectivity index (χ2n) is 12.5. The van der Waals surface area contributed by atoms with Gasteiger partial charge in [0.1, 0.15) is 0 Å². The third kappa shape index (κ3) is 25.6. The van der Waals surface area contributed by atoms with E-state index in [0.29, 0.717) is 0 Å². The lowest BCUT2D eigenvalue weighted by atomic mass is 9.78. The minimum Gasteiger partial charge on any atom is -0.0654 e. The molecule has 2 unspecified atom stereocenters. The van der Waals surface area contributed by atoms with Crippen molar-refractivity contribution in [3.05, 3.63) is 0 Å². The predicted molar refractivity (Wildman–Crippen MR) is 168 cm³/mol. The minimum absolute atomic E-state index is 1.03. The molecule has 0 heterocycles. The molecule has 0 aromatic heterocycles. The van der Waals surface area contributed by atoms with Crippen LogP contribution in [0.25, 0.3) is 0 Å². The van der Waals surface area contributed by atoms with Crippen molar-refractivity contribution in [2.45, 2.75) is 220 Å². The van der Waals surface area contributed by atoms with Crippen LogP contribution in [0, 0.1) is 11.8 Å². The van der Waals surface area contributed by atoms with Crippen molar-refractivity contribution in [3.8, 4) is 0 Å². The van der Waals surface area contributed by atoms with Gasteiger partial charge in [0, 0.05) is 0 Å².